The van der Waals surface area contributed by atoms with Crippen LogP contribution < -0.4 is 0 Å². The van der Waals surface area contributed by atoms with Crippen molar-refractivity contribution < 1.29 is 0 Å². The molecule has 0 spiro atoms. The van der Waals surface area contributed by atoms with Crippen LogP contribution in [0.3, 0.4) is 0 Å². The van der Waals surface area contributed by atoms with Crippen molar-refractivity contribution in [3.63, 3.8) is 0 Å². The zero-order chi connectivity index (χ0) is 11.4. The van der Waals surface area contributed by atoms with Gasteiger partial charge in [0.1, 0.15) is 0 Å². The van der Waals surface area contributed by atoms with Gasteiger partial charge in [-0.3, -0.25) is 0 Å². The van der Waals surface area contributed by atoms with Crippen LogP contribution in [0, 0.1) is 0 Å². The third kappa shape index (κ3) is 3.74. The maximum atomic E-state index is 3.60. The van der Waals surface area contributed by atoms with Crippen molar-refractivity contribution in [1.82, 2.24) is 0 Å². The lowest BCUT2D eigenvalue weighted by Gasteiger charge is -2.13. The topological polar surface area (TPSA) is 0 Å². The molecule has 0 saturated heterocycles. The standard InChI is InChI=1S/C12H17BrSi2/c1-14(2)12(15(3)4)9-10-7-5-6-8-11(10)13/h5-9H,1-4H3. The van der Waals surface area contributed by atoms with E-state index in [1.807, 2.05) is 0 Å². The van der Waals surface area contributed by atoms with Gasteiger partial charge in [-0.2, -0.15) is 0 Å². The number of rotatable bonds is 3. The van der Waals surface area contributed by atoms with Crippen LogP contribution in [0.4, 0.5) is 0 Å². The molecule has 0 saturated carbocycles. The molecule has 0 atom stereocenters. The summed E-state index contributed by atoms with van der Waals surface area (Å²) in [5.41, 5.74) is 1.32. The molecule has 2 radical (unpaired) electrons. The molecular weight excluding hydrogens is 280 g/mol. The summed E-state index contributed by atoms with van der Waals surface area (Å²) in [6, 6.07) is 8.46. The number of halogens is 1. The van der Waals surface area contributed by atoms with E-state index in [-0.39, 0.29) is 17.6 Å². The highest BCUT2D eigenvalue weighted by Gasteiger charge is 2.11. The Labute approximate surface area is 105 Å². The summed E-state index contributed by atoms with van der Waals surface area (Å²) in [4.78, 5) is 1.71. The number of benzene rings is 1. The van der Waals surface area contributed by atoms with Crippen molar-refractivity contribution in [1.29, 1.82) is 0 Å². The average molecular weight is 297 g/mol. The van der Waals surface area contributed by atoms with Gasteiger partial charge in [-0.25, -0.2) is 0 Å². The van der Waals surface area contributed by atoms with Crippen molar-refractivity contribution in [2.75, 3.05) is 0 Å². The van der Waals surface area contributed by atoms with Gasteiger partial charge in [-0.05, 0) is 11.6 Å². The fourth-order valence-electron chi connectivity index (χ4n) is 1.54. The second-order valence-corrected chi connectivity index (χ2v) is 10.5. The molecule has 0 N–H and O–H groups in total. The van der Waals surface area contributed by atoms with Crippen molar-refractivity contribution in [2.24, 2.45) is 0 Å². The molecule has 15 heavy (non-hydrogen) atoms. The molecule has 1 rings (SSSR count). The molecule has 0 aliphatic carbocycles. The maximum Gasteiger partial charge on any atom is 0.0684 e. The predicted molar refractivity (Wildman–Crippen MR) is 77.1 cm³/mol. The molecule has 0 aromatic heterocycles. The van der Waals surface area contributed by atoms with E-state index in [9.17, 15) is 0 Å². The summed E-state index contributed by atoms with van der Waals surface area (Å²) in [5, 5.41) is 0. The van der Waals surface area contributed by atoms with Crippen LogP contribution in [0.25, 0.3) is 6.08 Å². The fraction of sp³-hybridized carbons (Fsp3) is 0.333. The summed E-state index contributed by atoms with van der Waals surface area (Å²) < 4.78 is 1.20. The van der Waals surface area contributed by atoms with Gasteiger partial charge in [0.15, 0.2) is 0 Å². The van der Waals surface area contributed by atoms with Gasteiger partial charge >= 0.3 is 0 Å². The van der Waals surface area contributed by atoms with Crippen LogP contribution >= 0.6 is 15.9 Å². The van der Waals surface area contributed by atoms with Crippen LogP contribution in [-0.4, -0.2) is 17.6 Å². The van der Waals surface area contributed by atoms with Crippen LogP contribution in [0.15, 0.2) is 33.6 Å². The number of hydrogen-bond donors (Lipinski definition) is 0. The SMILES string of the molecule is C[Si](C)C(=Cc1ccccc1Br)[Si](C)C. The second kappa shape index (κ2) is 5.82. The van der Waals surface area contributed by atoms with Gasteiger partial charge in [-0.15, -0.1) is 0 Å². The molecule has 0 fully saturated rings. The second-order valence-electron chi connectivity index (χ2n) is 4.08. The maximum absolute atomic E-state index is 3.60. The first kappa shape index (κ1) is 12.9. The van der Waals surface area contributed by atoms with Gasteiger partial charge in [0.25, 0.3) is 0 Å². The molecule has 0 amide bonds. The van der Waals surface area contributed by atoms with Crippen molar-refractivity contribution in [3.05, 3.63) is 39.1 Å². The van der Waals surface area contributed by atoms with Crippen molar-refractivity contribution in [2.45, 2.75) is 26.2 Å². The molecule has 0 bridgehead atoms. The largest absolute Gasteiger partial charge is 0.0937 e. The van der Waals surface area contributed by atoms with Crippen LogP contribution in [0.5, 0.6) is 0 Å². The Bertz CT molecular complexity index is 346. The Morgan fingerprint density at radius 3 is 2.07 bits per heavy atom. The molecule has 80 valence electrons. The minimum Gasteiger partial charge on any atom is -0.0937 e. The van der Waals surface area contributed by atoms with Gasteiger partial charge in [0.2, 0.25) is 0 Å². The lowest BCUT2D eigenvalue weighted by atomic mass is 10.2. The van der Waals surface area contributed by atoms with Gasteiger partial charge in [-0.1, -0.05) is 71.2 Å². The Kier molecular flexibility index (Phi) is 5.02. The Morgan fingerprint density at radius 2 is 1.60 bits per heavy atom. The summed E-state index contributed by atoms with van der Waals surface area (Å²) in [6.07, 6.45) is 2.40. The molecule has 0 aliphatic heterocycles. The lowest BCUT2D eigenvalue weighted by Crippen LogP contribution is -2.18. The third-order valence-electron chi connectivity index (χ3n) is 2.28. The Balaban J connectivity index is 3.08. The molecule has 0 aliphatic rings. The first-order valence-electron chi connectivity index (χ1n) is 5.09. The van der Waals surface area contributed by atoms with Gasteiger partial charge in [0, 0.05) is 4.47 Å². The van der Waals surface area contributed by atoms with Crippen molar-refractivity contribution in [3.8, 4) is 0 Å². The molecule has 3 heteroatoms. The van der Waals surface area contributed by atoms with E-state index >= 15 is 0 Å². The van der Waals surface area contributed by atoms with E-state index in [0.717, 1.165) is 0 Å². The quantitative estimate of drug-likeness (QED) is 0.725. The van der Waals surface area contributed by atoms with E-state index in [0.29, 0.717) is 0 Å². The van der Waals surface area contributed by atoms with Crippen LogP contribution in [0.1, 0.15) is 5.56 Å². The smallest absolute Gasteiger partial charge is 0.0684 e. The van der Waals surface area contributed by atoms with Gasteiger partial charge in [0.05, 0.1) is 17.6 Å². The highest BCUT2D eigenvalue weighted by Crippen LogP contribution is 2.20. The lowest BCUT2D eigenvalue weighted by molar-refractivity contribution is 1.60. The minimum absolute atomic E-state index is 0.301. The van der Waals surface area contributed by atoms with Crippen LogP contribution in [-0.2, 0) is 0 Å². The summed E-state index contributed by atoms with van der Waals surface area (Å²) in [6.45, 7) is 9.52. The molecular formula is C12H17BrSi2. The zero-order valence-corrected chi connectivity index (χ0v) is 13.4. The van der Waals surface area contributed by atoms with E-state index in [1.54, 1.807) is 4.82 Å². The molecule has 1 aromatic carbocycles. The molecule has 0 heterocycles. The highest BCUT2D eigenvalue weighted by atomic mass is 79.9. The van der Waals surface area contributed by atoms with E-state index < -0.39 is 0 Å². The fourth-order valence-corrected chi connectivity index (χ4v) is 6.82. The van der Waals surface area contributed by atoms with E-state index in [4.69, 9.17) is 0 Å². The average Bonchev–Trinajstić information content (AvgIpc) is 2.15. The first-order valence-corrected chi connectivity index (χ1v) is 10.9. The summed E-state index contributed by atoms with van der Waals surface area (Å²) >= 11 is 3.60. The van der Waals surface area contributed by atoms with Gasteiger partial charge < -0.3 is 0 Å². The molecule has 1 aromatic rings. The van der Waals surface area contributed by atoms with E-state index in [2.05, 4.69) is 72.5 Å². The van der Waals surface area contributed by atoms with Crippen molar-refractivity contribution >= 4 is 39.6 Å². The highest BCUT2D eigenvalue weighted by molar-refractivity contribution is 9.10. The summed E-state index contributed by atoms with van der Waals surface area (Å²) in [7, 11) is -0.602. The molecule has 0 unspecified atom stereocenters. The Hall–Kier alpha value is -0.126. The number of hydrogen-bond acceptors (Lipinski definition) is 0. The van der Waals surface area contributed by atoms with E-state index in [1.165, 1.54) is 10.0 Å². The third-order valence-corrected chi connectivity index (χ3v) is 8.45. The predicted octanol–water partition coefficient (Wildman–Crippen LogP) is 4.42. The monoisotopic (exact) mass is 296 g/mol. The molecule has 0 nitrogen and oxygen atoms in total. The zero-order valence-electron chi connectivity index (χ0n) is 9.76. The minimum atomic E-state index is -0.301. The summed E-state index contributed by atoms with van der Waals surface area (Å²) in [5.74, 6) is 0. The van der Waals surface area contributed by atoms with Crippen LogP contribution in [0.2, 0.25) is 26.2 Å². The first-order chi connectivity index (χ1) is 7.02. The normalized spacial score (nSPS) is 10.9. The Morgan fingerprint density at radius 1 is 1.07 bits per heavy atom.